The van der Waals surface area contributed by atoms with Crippen molar-refractivity contribution in [2.24, 2.45) is 0 Å². The zero-order chi connectivity index (χ0) is 24.2. The van der Waals surface area contributed by atoms with Crippen molar-refractivity contribution in [3.05, 3.63) is 104 Å². The summed E-state index contributed by atoms with van der Waals surface area (Å²) in [5.41, 5.74) is 1.70. The van der Waals surface area contributed by atoms with Crippen molar-refractivity contribution in [3.63, 3.8) is 0 Å². The van der Waals surface area contributed by atoms with Gasteiger partial charge in [0.05, 0.1) is 23.4 Å². The lowest BCUT2D eigenvalue weighted by molar-refractivity contribution is -0.385. The zero-order valence-electron chi connectivity index (χ0n) is 17.8. The number of carbonyl (C=O) groups excluding carboxylic acids is 1. The molecule has 0 fully saturated rings. The molecule has 0 radical (unpaired) electrons. The van der Waals surface area contributed by atoms with Crippen LogP contribution >= 0.6 is 23.2 Å². The molecular weight excluding hydrogens is 483 g/mol. The third-order valence-electron chi connectivity index (χ3n) is 4.90. The first-order valence-corrected chi connectivity index (χ1v) is 10.8. The number of hydrogen-bond donors (Lipinski definition) is 1. The van der Waals surface area contributed by atoms with Gasteiger partial charge in [0, 0.05) is 33.4 Å². The lowest BCUT2D eigenvalue weighted by Crippen LogP contribution is -2.10. The Kier molecular flexibility index (Phi) is 6.85. The second-order valence-electron chi connectivity index (χ2n) is 7.34. The standard InChI is InChI=1S/C23H18Cl2N4O5/c1-14-9-16(5-7-21(14)29(31)32)33-13-17-6-8-22(34-17)23(30)27-15-10-26-28(11-15)12-18-19(24)3-2-4-20(18)25/h2-11H,12-13H2,1H3,(H,27,30). The Balaban J connectivity index is 1.35. The average molecular weight is 501 g/mol. The normalized spacial score (nSPS) is 10.8. The summed E-state index contributed by atoms with van der Waals surface area (Å²) < 4.78 is 12.8. The highest BCUT2D eigenvalue weighted by molar-refractivity contribution is 6.35. The van der Waals surface area contributed by atoms with E-state index in [1.165, 1.54) is 24.4 Å². The van der Waals surface area contributed by atoms with Crippen molar-refractivity contribution >= 4 is 40.5 Å². The molecule has 1 amide bonds. The number of aromatic nitrogens is 2. The summed E-state index contributed by atoms with van der Waals surface area (Å²) in [7, 11) is 0. The Morgan fingerprint density at radius 1 is 1.21 bits per heavy atom. The number of nitro groups is 1. The molecule has 4 aromatic rings. The minimum Gasteiger partial charge on any atom is -0.486 e. The molecule has 11 heteroatoms. The number of ether oxygens (including phenoxy) is 1. The molecule has 0 saturated carbocycles. The van der Waals surface area contributed by atoms with E-state index in [1.54, 1.807) is 48.1 Å². The highest BCUT2D eigenvalue weighted by atomic mass is 35.5. The lowest BCUT2D eigenvalue weighted by Gasteiger charge is -2.06. The van der Waals surface area contributed by atoms with Crippen LogP contribution in [0.2, 0.25) is 10.0 Å². The molecule has 0 aliphatic rings. The van der Waals surface area contributed by atoms with Gasteiger partial charge in [0.1, 0.15) is 18.1 Å². The molecule has 0 bridgehead atoms. The smallest absolute Gasteiger partial charge is 0.291 e. The topological polar surface area (TPSA) is 112 Å². The predicted molar refractivity (Wildman–Crippen MR) is 127 cm³/mol. The molecule has 174 valence electrons. The first-order valence-electron chi connectivity index (χ1n) is 10.0. The van der Waals surface area contributed by atoms with Gasteiger partial charge in [0.15, 0.2) is 5.76 Å². The second kappa shape index (κ2) is 9.98. The number of anilines is 1. The Hall–Kier alpha value is -3.82. The molecule has 0 aliphatic heterocycles. The number of halogens is 2. The third-order valence-corrected chi connectivity index (χ3v) is 5.61. The fourth-order valence-electron chi connectivity index (χ4n) is 3.21. The van der Waals surface area contributed by atoms with Crippen molar-refractivity contribution in [1.29, 1.82) is 0 Å². The summed E-state index contributed by atoms with van der Waals surface area (Å²) in [6.07, 6.45) is 3.16. The molecule has 1 N–H and O–H groups in total. The van der Waals surface area contributed by atoms with Crippen LogP contribution in [0.5, 0.6) is 5.75 Å². The molecule has 4 rings (SSSR count). The Labute approximate surface area is 204 Å². The van der Waals surface area contributed by atoms with Crippen molar-refractivity contribution in [2.45, 2.75) is 20.1 Å². The fourth-order valence-corrected chi connectivity index (χ4v) is 3.72. The highest BCUT2D eigenvalue weighted by Gasteiger charge is 2.15. The zero-order valence-corrected chi connectivity index (χ0v) is 19.3. The van der Waals surface area contributed by atoms with Gasteiger partial charge in [0.25, 0.3) is 11.6 Å². The van der Waals surface area contributed by atoms with Gasteiger partial charge in [0.2, 0.25) is 0 Å². The van der Waals surface area contributed by atoms with Crippen LogP contribution < -0.4 is 10.1 Å². The SMILES string of the molecule is Cc1cc(OCc2ccc(C(=O)Nc3cnn(Cc4c(Cl)cccc4Cl)c3)o2)ccc1[N+](=O)[O-]. The van der Waals surface area contributed by atoms with Crippen LogP contribution in [0.25, 0.3) is 0 Å². The van der Waals surface area contributed by atoms with Gasteiger partial charge in [-0.25, -0.2) is 0 Å². The van der Waals surface area contributed by atoms with Crippen molar-refractivity contribution in [3.8, 4) is 5.75 Å². The first kappa shape index (κ1) is 23.3. The van der Waals surface area contributed by atoms with E-state index < -0.39 is 10.8 Å². The molecule has 2 aromatic heterocycles. The van der Waals surface area contributed by atoms with Crippen LogP contribution in [0, 0.1) is 17.0 Å². The van der Waals surface area contributed by atoms with E-state index in [2.05, 4.69) is 10.4 Å². The number of furan rings is 1. The average Bonchev–Trinajstić information content (AvgIpc) is 3.44. The van der Waals surface area contributed by atoms with Crippen molar-refractivity contribution < 1.29 is 18.9 Å². The molecule has 0 saturated heterocycles. The predicted octanol–water partition coefficient (Wildman–Crippen LogP) is 5.88. The third kappa shape index (κ3) is 5.38. The largest absolute Gasteiger partial charge is 0.486 e. The van der Waals surface area contributed by atoms with E-state index in [0.29, 0.717) is 39.4 Å². The number of carbonyl (C=O) groups is 1. The number of amides is 1. The number of benzene rings is 2. The fraction of sp³-hybridized carbons (Fsp3) is 0.130. The number of hydrogen-bond acceptors (Lipinski definition) is 6. The number of aryl methyl sites for hydroxylation is 1. The van der Waals surface area contributed by atoms with Gasteiger partial charge in [-0.2, -0.15) is 5.10 Å². The summed E-state index contributed by atoms with van der Waals surface area (Å²) in [5, 5.41) is 18.9. The minimum absolute atomic E-state index is 0.0163. The molecule has 9 nitrogen and oxygen atoms in total. The van der Waals surface area contributed by atoms with E-state index in [9.17, 15) is 14.9 Å². The van der Waals surface area contributed by atoms with Crippen LogP contribution in [-0.4, -0.2) is 20.6 Å². The Morgan fingerprint density at radius 2 is 1.97 bits per heavy atom. The molecule has 0 aliphatic carbocycles. The molecule has 0 spiro atoms. The number of nitrogens with zero attached hydrogens (tertiary/aromatic N) is 3. The number of rotatable bonds is 8. The first-order chi connectivity index (χ1) is 16.3. The van der Waals surface area contributed by atoms with Gasteiger partial charge >= 0.3 is 0 Å². The monoisotopic (exact) mass is 500 g/mol. The summed E-state index contributed by atoms with van der Waals surface area (Å²) >= 11 is 12.4. The summed E-state index contributed by atoms with van der Waals surface area (Å²) in [6, 6.07) is 12.9. The van der Waals surface area contributed by atoms with Crippen LogP contribution in [0.4, 0.5) is 11.4 Å². The summed E-state index contributed by atoms with van der Waals surface area (Å²) in [6.45, 7) is 2.03. The van der Waals surface area contributed by atoms with Crippen molar-refractivity contribution in [2.75, 3.05) is 5.32 Å². The summed E-state index contributed by atoms with van der Waals surface area (Å²) in [4.78, 5) is 23.0. The van der Waals surface area contributed by atoms with E-state index in [4.69, 9.17) is 32.4 Å². The van der Waals surface area contributed by atoms with Gasteiger partial charge in [-0.3, -0.25) is 19.6 Å². The van der Waals surface area contributed by atoms with Crippen LogP contribution in [0.15, 0.2) is 65.3 Å². The molecule has 0 atom stereocenters. The Morgan fingerprint density at radius 3 is 2.68 bits per heavy atom. The molecule has 34 heavy (non-hydrogen) atoms. The maximum atomic E-state index is 12.5. The number of nitrogens with one attached hydrogen (secondary N) is 1. The lowest BCUT2D eigenvalue weighted by atomic mass is 10.2. The van der Waals surface area contributed by atoms with E-state index in [-0.39, 0.29) is 18.1 Å². The molecule has 2 heterocycles. The second-order valence-corrected chi connectivity index (χ2v) is 8.16. The van der Waals surface area contributed by atoms with Crippen LogP contribution in [0.1, 0.15) is 27.4 Å². The maximum Gasteiger partial charge on any atom is 0.291 e. The maximum absolute atomic E-state index is 12.5. The van der Waals surface area contributed by atoms with Gasteiger partial charge in [-0.15, -0.1) is 0 Å². The molecule has 0 unspecified atom stereocenters. The Bertz CT molecular complexity index is 1340. The molecular formula is C23H18Cl2N4O5. The minimum atomic E-state index is -0.452. The summed E-state index contributed by atoms with van der Waals surface area (Å²) in [5.74, 6) is 0.523. The van der Waals surface area contributed by atoms with Crippen molar-refractivity contribution in [1.82, 2.24) is 9.78 Å². The highest BCUT2D eigenvalue weighted by Crippen LogP contribution is 2.26. The van der Waals surface area contributed by atoms with E-state index in [0.717, 1.165) is 5.56 Å². The quantitative estimate of drug-likeness (QED) is 0.238. The molecule has 2 aromatic carbocycles. The van der Waals surface area contributed by atoms with Crippen LogP contribution in [0.3, 0.4) is 0 Å². The van der Waals surface area contributed by atoms with Gasteiger partial charge in [-0.1, -0.05) is 29.3 Å². The van der Waals surface area contributed by atoms with Gasteiger partial charge in [-0.05, 0) is 43.3 Å². The van der Waals surface area contributed by atoms with E-state index in [1.807, 2.05) is 0 Å². The van der Waals surface area contributed by atoms with Gasteiger partial charge < -0.3 is 14.5 Å². The number of nitro benzene ring substituents is 1. The van der Waals surface area contributed by atoms with E-state index >= 15 is 0 Å². The van der Waals surface area contributed by atoms with Crippen LogP contribution in [-0.2, 0) is 13.2 Å².